The number of ether oxygens (including phenoxy) is 4. The van der Waals surface area contributed by atoms with E-state index < -0.39 is 33.6 Å². The number of benzene rings is 2. The van der Waals surface area contributed by atoms with E-state index in [1.54, 1.807) is 76.6 Å². The largest absolute Gasteiger partial charge is 0.497 e. The minimum atomic E-state index is -1.34. The predicted octanol–water partition coefficient (Wildman–Crippen LogP) is 4.07. The Bertz CT molecular complexity index is 1120. The van der Waals surface area contributed by atoms with Crippen LogP contribution < -0.4 is 9.47 Å². The van der Waals surface area contributed by atoms with Gasteiger partial charge in [-0.15, -0.1) is 23.5 Å². The molecular formula is C28H30O8S2. The molecule has 0 radical (unpaired) electrons. The van der Waals surface area contributed by atoms with Gasteiger partial charge >= 0.3 is 11.9 Å². The molecule has 2 aliphatic heterocycles. The van der Waals surface area contributed by atoms with Crippen molar-refractivity contribution in [3.8, 4) is 11.5 Å². The number of rotatable bonds is 9. The highest BCUT2D eigenvalue weighted by atomic mass is 32.2. The van der Waals surface area contributed by atoms with E-state index in [-0.39, 0.29) is 24.4 Å². The van der Waals surface area contributed by atoms with E-state index in [1.807, 2.05) is 0 Å². The summed E-state index contributed by atoms with van der Waals surface area (Å²) >= 11 is 2.63. The number of Topliss-reactive ketones (excluding diaryl/α,β-unsaturated/α-hetero) is 2. The Morgan fingerprint density at radius 2 is 1.03 bits per heavy atom. The van der Waals surface area contributed by atoms with Crippen LogP contribution in [-0.4, -0.2) is 59.7 Å². The van der Waals surface area contributed by atoms with Crippen molar-refractivity contribution in [1.29, 1.82) is 0 Å². The smallest absolute Gasteiger partial charge is 0.320 e. The van der Waals surface area contributed by atoms with Crippen LogP contribution in [0.5, 0.6) is 11.5 Å². The van der Waals surface area contributed by atoms with Crippen molar-refractivity contribution < 1.29 is 38.1 Å². The summed E-state index contributed by atoms with van der Waals surface area (Å²) in [5, 5.41) is -1.24. The highest BCUT2D eigenvalue weighted by Gasteiger charge is 2.48. The summed E-state index contributed by atoms with van der Waals surface area (Å²) in [4.78, 5) is 51.4. The Hall–Kier alpha value is -2.98. The average molecular weight is 559 g/mol. The van der Waals surface area contributed by atoms with Gasteiger partial charge in [0, 0.05) is 35.5 Å². The van der Waals surface area contributed by atoms with Crippen molar-refractivity contribution in [2.45, 2.75) is 48.4 Å². The Balaban J connectivity index is 1.28. The van der Waals surface area contributed by atoms with E-state index in [2.05, 4.69) is 0 Å². The summed E-state index contributed by atoms with van der Waals surface area (Å²) in [6.07, 6.45) is 0.113. The fourth-order valence-corrected chi connectivity index (χ4v) is 6.68. The lowest BCUT2D eigenvalue weighted by molar-refractivity contribution is -0.173. The molecule has 0 bridgehead atoms. The van der Waals surface area contributed by atoms with Crippen molar-refractivity contribution in [2.75, 3.05) is 25.7 Å². The normalized spacial score (nSPS) is 27.5. The maximum atomic E-state index is 13.0. The molecule has 0 aliphatic carbocycles. The first-order valence-corrected chi connectivity index (χ1v) is 14.2. The predicted molar refractivity (Wildman–Crippen MR) is 145 cm³/mol. The minimum Gasteiger partial charge on any atom is -0.497 e. The highest BCUT2D eigenvalue weighted by Crippen LogP contribution is 2.39. The molecule has 38 heavy (non-hydrogen) atoms. The summed E-state index contributed by atoms with van der Waals surface area (Å²) in [7, 11) is 3.11. The molecule has 0 amide bonds. The molecule has 0 saturated carbocycles. The van der Waals surface area contributed by atoms with E-state index >= 15 is 0 Å². The number of hydrogen-bond donors (Lipinski definition) is 0. The SMILES string of the molecule is COc1ccc([C@@]2(C)OC(=O)C(SCCSC3CC(=O)[C@@](C)(c4ccc(OC)cc4)OC3=O)CC2=O)cc1. The Kier molecular flexibility index (Phi) is 8.42. The second-order valence-electron chi connectivity index (χ2n) is 9.34. The summed E-state index contributed by atoms with van der Waals surface area (Å²) in [5.74, 6) is 1.06. The summed E-state index contributed by atoms with van der Waals surface area (Å²) in [6.45, 7) is 3.22. The monoisotopic (exact) mass is 558 g/mol. The molecule has 0 spiro atoms. The van der Waals surface area contributed by atoms with Gasteiger partial charge in [-0.25, -0.2) is 0 Å². The number of hydrogen-bond acceptors (Lipinski definition) is 10. The van der Waals surface area contributed by atoms with Crippen molar-refractivity contribution in [1.82, 2.24) is 0 Å². The van der Waals surface area contributed by atoms with Gasteiger partial charge in [-0.3, -0.25) is 19.2 Å². The van der Waals surface area contributed by atoms with Crippen molar-refractivity contribution in [2.24, 2.45) is 0 Å². The number of carbonyl (C=O) groups is 4. The van der Waals surface area contributed by atoms with Gasteiger partial charge in [-0.05, 0) is 38.1 Å². The van der Waals surface area contributed by atoms with Crippen LogP contribution in [0.15, 0.2) is 48.5 Å². The summed E-state index contributed by atoms with van der Waals surface area (Å²) in [5.41, 5.74) is -1.48. The van der Waals surface area contributed by atoms with Crippen molar-refractivity contribution in [3.05, 3.63) is 59.7 Å². The third-order valence-corrected chi connectivity index (χ3v) is 9.61. The molecule has 4 atom stereocenters. The van der Waals surface area contributed by atoms with Gasteiger partial charge < -0.3 is 18.9 Å². The second-order valence-corrected chi connectivity index (χ2v) is 12.0. The second kappa shape index (κ2) is 11.4. The van der Waals surface area contributed by atoms with Crippen LogP contribution in [0.3, 0.4) is 0 Å². The van der Waals surface area contributed by atoms with E-state index in [1.165, 1.54) is 23.5 Å². The third-order valence-electron chi connectivity index (χ3n) is 6.94. The first-order valence-electron chi connectivity index (χ1n) is 12.2. The van der Waals surface area contributed by atoms with Gasteiger partial charge in [0.05, 0.1) is 14.2 Å². The lowest BCUT2D eigenvalue weighted by Crippen LogP contribution is -2.47. The van der Waals surface area contributed by atoms with Gasteiger partial charge in [0.25, 0.3) is 0 Å². The molecule has 2 aromatic rings. The molecule has 2 unspecified atom stereocenters. The molecule has 202 valence electrons. The maximum Gasteiger partial charge on any atom is 0.320 e. The highest BCUT2D eigenvalue weighted by molar-refractivity contribution is 8.04. The maximum absolute atomic E-state index is 13.0. The van der Waals surface area contributed by atoms with Gasteiger partial charge in [0.2, 0.25) is 0 Å². The fourth-order valence-electron chi connectivity index (χ4n) is 4.43. The molecule has 0 aromatic heterocycles. The zero-order chi connectivity index (χ0) is 27.5. The molecule has 2 saturated heterocycles. The molecule has 2 fully saturated rings. The van der Waals surface area contributed by atoms with Crippen molar-refractivity contribution in [3.63, 3.8) is 0 Å². The van der Waals surface area contributed by atoms with Gasteiger partial charge in [-0.2, -0.15) is 0 Å². The standard InChI is InChI=1S/C28H30O8S2/c1-27(17-5-9-19(33-3)10-6-17)23(29)15-21(25(31)35-27)37-13-14-38-22-16-24(30)28(2,36-26(22)32)18-7-11-20(34-4)12-8-18/h5-12,21-22H,13-16H2,1-4H3/t21?,22?,27-,28-/m1/s1. The van der Waals surface area contributed by atoms with Crippen molar-refractivity contribution >= 4 is 47.0 Å². The Morgan fingerprint density at radius 1 is 0.684 bits per heavy atom. The number of esters is 2. The molecule has 2 aromatic carbocycles. The molecule has 8 nitrogen and oxygen atoms in total. The van der Waals surface area contributed by atoms with E-state index in [0.717, 1.165) is 0 Å². The molecular weight excluding hydrogens is 528 g/mol. The van der Waals surface area contributed by atoms with Gasteiger partial charge in [-0.1, -0.05) is 24.3 Å². The van der Waals surface area contributed by atoms with Gasteiger partial charge in [0.15, 0.2) is 22.8 Å². The average Bonchev–Trinajstić information content (AvgIpc) is 2.92. The first kappa shape index (κ1) is 28.0. The zero-order valence-electron chi connectivity index (χ0n) is 21.7. The number of cyclic esters (lactones) is 2. The molecule has 10 heteroatoms. The van der Waals surface area contributed by atoms with Gasteiger partial charge in [0.1, 0.15) is 22.0 Å². The van der Waals surface area contributed by atoms with Crippen LogP contribution in [0.1, 0.15) is 37.8 Å². The summed E-state index contributed by atoms with van der Waals surface area (Å²) < 4.78 is 21.6. The number of ketones is 2. The van der Waals surface area contributed by atoms with Crippen LogP contribution in [0, 0.1) is 0 Å². The fraction of sp³-hybridized carbons (Fsp3) is 0.429. The van der Waals surface area contributed by atoms with Crippen LogP contribution in [0.4, 0.5) is 0 Å². The molecule has 2 heterocycles. The third kappa shape index (κ3) is 5.56. The molecule has 0 N–H and O–H groups in total. The van der Waals surface area contributed by atoms with Crippen LogP contribution in [0.25, 0.3) is 0 Å². The lowest BCUT2D eigenvalue weighted by atomic mass is 9.86. The first-order chi connectivity index (χ1) is 18.1. The number of thioether (sulfide) groups is 2. The van der Waals surface area contributed by atoms with Crippen LogP contribution >= 0.6 is 23.5 Å². The topological polar surface area (TPSA) is 105 Å². The zero-order valence-corrected chi connectivity index (χ0v) is 23.3. The van der Waals surface area contributed by atoms with E-state index in [4.69, 9.17) is 18.9 Å². The summed E-state index contributed by atoms with van der Waals surface area (Å²) in [6, 6.07) is 13.8. The van der Waals surface area contributed by atoms with Crippen LogP contribution in [-0.2, 0) is 39.9 Å². The number of methoxy groups -OCH3 is 2. The van der Waals surface area contributed by atoms with E-state index in [0.29, 0.717) is 34.1 Å². The Labute approximate surface area is 230 Å². The molecule has 4 rings (SSSR count). The van der Waals surface area contributed by atoms with E-state index in [9.17, 15) is 19.2 Å². The van der Waals surface area contributed by atoms with Crippen LogP contribution in [0.2, 0.25) is 0 Å². The molecule has 2 aliphatic rings. The minimum absolute atomic E-state index is 0.0564. The Morgan fingerprint density at radius 3 is 1.34 bits per heavy atom. The number of carbonyl (C=O) groups excluding carboxylic acids is 4. The lowest BCUT2D eigenvalue weighted by Gasteiger charge is -2.36. The quantitative estimate of drug-likeness (QED) is 0.330.